The second kappa shape index (κ2) is 5.45. The number of halogens is 2. The van der Waals surface area contributed by atoms with Crippen LogP contribution in [0.2, 0.25) is 0 Å². The van der Waals surface area contributed by atoms with Gasteiger partial charge in [-0.3, -0.25) is 0 Å². The van der Waals surface area contributed by atoms with E-state index in [2.05, 4.69) is 19.2 Å². The summed E-state index contributed by atoms with van der Waals surface area (Å²) in [7, 11) is 0. The lowest BCUT2D eigenvalue weighted by Crippen LogP contribution is -2.59. The molecule has 0 bridgehead atoms. The van der Waals surface area contributed by atoms with Gasteiger partial charge in [-0.05, 0) is 38.0 Å². The van der Waals surface area contributed by atoms with Crippen molar-refractivity contribution in [3.8, 4) is 0 Å². The predicted molar refractivity (Wildman–Crippen MR) is 72.2 cm³/mol. The molecule has 4 heteroatoms. The van der Waals surface area contributed by atoms with E-state index in [9.17, 15) is 8.78 Å². The zero-order valence-corrected chi connectivity index (χ0v) is 11.7. The van der Waals surface area contributed by atoms with E-state index >= 15 is 0 Å². The van der Waals surface area contributed by atoms with Gasteiger partial charge < -0.3 is 10.1 Å². The van der Waals surface area contributed by atoms with Crippen LogP contribution in [0.4, 0.5) is 14.5 Å². The molecule has 19 heavy (non-hydrogen) atoms. The van der Waals surface area contributed by atoms with Crippen LogP contribution in [0.1, 0.15) is 33.6 Å². The Bertz CT molecular complexity index is 452. The highest BCUT2D eigenvalue weighted by Gasteiger charge is 2.51. The number of hydrogen-bond donors (Lipinski definition) is 1. The van der Waals surface area contributed by atoms with Gasteiger partial charge in [-0.25, -0.2) is 8.78 Å². The van der Waals surface area contributed by atoms with E-state index < -0.39 is 11.6 Å². The lowest BCUT2D eigenvalue weighted by atomic mass is 9.61. The molecular formula is C15H21F2NO. The molecule has 1 aliphatic carbocycles. The molecule has 0 spiro atoms. The van der Waals surface area contributed by atoms with Crippen molar-refractivity contribution in [1.82, 2.24) is 0 Å². The van der Waals surface area contributed by atoms with Gasteiger partial charge in [0.05, 0.1) is 11.8 Å². The topological polar surface area (TPSA) is 21.3 Å². The van der Waals surface area contributed by atoms with Crippen LogP contribution in [-0.2, 0) is 4.74 Å². The summed E-state index contributed by atoms with van der Waals surface area (Å²) >= 11 is 0. The van der Waals surface area contributed by atoms with E-state index in [1.807, 2.05) is 6.92 Å². The first-order chi connectivity index (χ1) is 9.01. The summed E-state index contributed by atoms with van der Waals surface area (Å²) in [6.45, 7) is 6.89. The van der Waals surface area contributed by atoms with Gasteiger partial charge in [-0.15, -0.1) is 0 Å². The molecule has 1 N–H and O–H groups in total. The van der Waals surface area contributed by atoms with Gasteiger partial charge in [0.25, 0.3) is 0 Å². The Kier molecular flexibility index (Phi) is 4.09. The summed E-state index contributed by atoms with van der Waals surface area (Å²) in [5.41, 5.74) is 0.203. The lowest BCUT2D eigenvalue weighted by molar-refractivity contribution is -0.109. The largest absolute Gasteiger partial charge is 0.379 e. The number of ether oxygens (including phenoxy) is 1. The molecule has 1 aromatic rings. The van der Waals surface area contributed by atoms with E-state index in [-0.39, 0.29) is 23.2 Å². The fraction of sp³-hybridized carbons (Fsp3) is 0.600. The Balaban J connectivity index is 2.10. The number of nitrogens with one attached hydrogen (secondary N) is 1. The van der Waals surface area contributed by atoms with Crippen molar-refractivity contribution < 1.29 is 13.5 Å². The molecule has 0 aliphatic heterocycles. The normalized spacial score (nSPS) is 29.9. The summed E-state index contributed by atoms with van der Waals surface area (Å²) < 4.78 is 32.5. The van der Waals surface area contributed by atoms with Crippen LogP contribution in [0.5, 0.6) is 0 Å². The fourth-order valence-corrected chi connectivity index (χ4v) is 2.77. The zero-order valence-electron chi connectivity index (χ0n) is 11.7. The van der Waals surface area contributed by atoms with E-state index in [4.69, 9.17) is 4.74 Å². The molecule has 2 rings (SSSR count). The molecule has 0 saturated heterocycles. The first kappa shape index (κ1) is 14.3. The number of hydrogen-bond acceptors (Lipinski definition) is 2. The molecular weight excluding hydrogens is 248 g/mol. The van der Waals surface area contributed by atoms with E-state index in [0.717, 1.165) is 25.0 Å². The van der Waals surface area contributed by atoms with Crippen LogP contribution < -0.4 is 5.32 Å². The summed E-state index contributed by atoms with van der Waals surface area (Å²) in [5.74, 6) is -0.845. The van der Waals surface area contributed by atoms with Crippen molar-refractivity contribution in [2.45, 2.75) is 45.8 Å². The summed E-state index contributed by atoms with van der Waals surface area (Å²) in [5, 5.41) is 3.12. The Hall–Kier alpha value is -1.16. The molecule has 1 aromatic carbocycles. The second-order valence-electron chi connectivity index (χ2n) is 5.36. The molecule has 3 atom stereocenters. The molecule has 0 amide bonds. The van der Waals surface area contributed by atoms with E-state index in [0.29, 0.717) is 6.61 Å². The Morgan fingerprint density at radius 1 is 1.37 bits per heavy atom. The zero-order chi connectivity index (χ0) is 14.0. The Morgan fingerprint density at radius 2 is 2.11 bits per heavy atom. The maximum atomic E-state index is 13.6. The maximum absolute atomic E-state index is 13.6. The van der Waals surface area contributed by atoms with Crippen molar-refractivity contribution in [1.29, 1.82) is 0 Å². The quantitative estimate of drug-likeness (QED) is 0.873. The van der Waals surface area contributed by atoms with Gasteiger partial charge in [-0.2, -0.15) is 0 Å². The third-order valence-corrected chi connectivity index (χ3v) is 4.37. The highest BCUT2D eigenvalue weighted by Crippen LogP contribution is 2.47. The molecule has 1 aliphatic rings. The fourth-order valence-electron chi connectivity index (χ4n) is 2.77. The van der Waals surface area contributed by atoms with Gasteiger partial charge in [-0.1, -0.05) is 13.8 Å². The van der Waals surface area contributed by atoms with Gasteiger partial charge >= 0.3 is 0 Å². The van der Waals surface area contributed by atoms with Crippen LogP contribution in [0, 0.1) is 17.0 Å². The second-order valence-corrected chi connectivity index (χ2v) is 5.36. The van der Waals surface area contributed by atoms with Crippen molar-refractivity contribution in [3.63, 3.8) is 0 Å². The van der Waals surface area contributed by atoms with Crippen molar-refractivity contribution in [2.24, 2.45) is 5.41 Å². The molecule has 1 saturated carbocycles. The highest BCUT2D eigenvalue weighted by atomic mass is 19.1. The van der Waals surface area contributed by atoms with E-state index in [1.165, 1.54) is 6.07 Å². The molecule has 0 aromatic heterocycles. The van der Waals surface area contributed by atoms with Gasteiger partial charge in [0.2, 0.25) is 0 Å². The van der Waals surface area contributed by atoms with Crippen LogP contribution in [0.3, 0.4) is 0 Å². The maximum Gasteiger partial charge on any atom is 0.146 e. The average Bonchev–Trinajstić information content (AvgIpc) is 2.40. The Labute approximate surface area is 113 Å². The van der Waals surface area contributed by atoms with Gasteiger partial charge in [0, 0.05) is 18.1 Å². The first-order valence-corrected chi connectivity index (χ1v) is 6.84. The van der Waals surface area contributed by atoms with E-state index in [1.54, 1.807) is 0 Å². The van der Waals surface area contributed by atoms with Gasteiger partial charge in [0.1, 0.15) is 11.6 Å². The Morgan fingerprint density at radius 3 is 2.74 bits per heavy atom. The number of rotatable bonds is 5. The van der Waals surface area contributed by atoms with Crippen LogP contribution in [0.25, 0.3) is 0 Å². The molecule has 2 nitrogen and oxygen atoms in total. The monoisotopic (exact) mass is 269 g/mol. The molecule has 106 valence electrons. The first-order valence-electron chi connectivity index (χ1n) is 6.84. The third-order valence-electron chi connectivity index (χ3n) is 4.37. The molecule has 3 unspecified atom stereocenters. The van der Waals surface area contributed by atoms with Crippen LogP contribution >= 0.6 is 0 Å². The van der Waals surface area contributed by atoms with Crippen LogP contribution in [0.15, 0.2) is 18.2 Å². The number of anilines is 1. The molecule has 1 fully saturated rings. The third kappa shape index (κ3) is 2.59. The SMILES string of the molecule is CCOC1CC(Nc2cc(F)ccc2F)C1(C)CC. The molecule has 0 heterocycles. The van der Waals surface area contributed by atoms with Gasteiger partial charge in [0.15, 0.2) is 0 Å². The summed E-state index contributed by atoms with van der Waals surface area (Å²) in [6.07, 6.45) is 1.96. The van der Waals surface area contributed by atoms with Crippen molar-refractivity contribution >= 4 is 5.69 Å². The predicted octanol–water partition coefficient (Wildman–Crippen LogP) is 3.97. The summed E-state index contributed by atoms with van der Waals surface area (Å²) in [4.78, 5) is 0. The minimum Gasteiger partial charge on any atom is -0.379 e. The highest BCUT2D eigenvalue weighted by molar-refractivity contribution is 5.47. The lowest BCUT2D eigenvalue weighted by Gasteiger charge is -2.53. The summed E-state index contributed by atoms with van der Waals surface area (Å²) in [6, 6.07) is 3.60. The van der Waals surface area contributed by atoms with Crippen molar-refractivity contribution in [2.75, 3.05) is 11.9 Å². The minimum atomic E-state index is -0.428. The van der Waals surface area contributed by atoms with Crippen LogP contribution in [-0.4, -0.2) is 18.8 Å². The number of benzene rings is 1. The standard InChI is InChI=1S/C15H21F2NO/c1-4-15(3)13(9-14(15)19-5-2)18-12-8-10(16)6-7-11(12)17/h6-8,13-14,18H,4-5,9H2,1-3H3. The van der Waals surface area contributed by atoms with Crippen molar-refractivity contribution in [3.05, 3.63) is 29.8 Å². The average molecular weight is 269 g/mol. The minimum absolute atomic E-state index is 0.0330. The molecule has 0 radical (unpaired) electrons. The smallest absolute Gasteiger partial charge is 0.146 e.